The Hall–Kier alpha value is -1.75. The highest BCUT2D eigenvalue weighted by molar-refractivity contribution is 7.80. The summed E-state index contributed by atoms with van der Waals surface area (Å²) in [5.74, 6) is 1.69. The molecular formula is C13H14N4S. The lowest BCUT2D eigenvalue weighted by Crippen LogP contribution is -2.16. The molecule has 2 aromatic heterocycles. The predicted octanol–water partition coefficient (Wildman–Crippen LogP) is 1.70. The highest BCUT2D eigenvalue weighted by Crippen LogP contribution is 2.25. The Labute approximate surface area is 111 Å². The molecule has 1 aliphatic rings. The zero-order valence-corrected chi connectivity index (χ0v) is 11.0. The highest BCUT2D eigenvalue weighted by Gasteiger charge is 2.19. The summed E-state index contributed by atoms with van der Waals surface area (Å²) in [6, 6.07) is 2.09. The van der Waals surface area contributed by atoms with Gasteiger partial charge in [0.2, 0.25) is 0 Å². The number of hydrogen-bond donors (Lipinski definition) is 1. The number of nitrogens with zero attached hydrogens (tertiary/aromatic N) is 3. The second-order valence-electron chi connectivity index (χ2n) is 4.53. The number of imidazole rings is 1. The van der Waals surface area contributed by atoms with Crippen molar-refractivity contribution in [2.24, 2.45) is 5.73 Å². The number of aromatic nitrogens is 3. The minimum Gasteiger partial charge on any atom is -0.389 e. The molecule has 18 heavy (non-hydrogen) atoms. The van der Waals surface area contributed by atoms with E-state index in [0.717, 1.165) is 42.2 Å². The molecule has 0 saturated heterocycles. The van der Waals surface area contributed by atoms with Crippen LogP contribution >= 0.6 is 12.2 Å². The summed E-state index contributed by atoms with van der Waals surface area (Å²) in [7, 11) is 0. The molecule has 0 amide bonds. The molecule has 1 aliphatic carbocycles. The molecule has 5 heteroatoms. The van der Waals surface area contributed by atoms with Gasteiger partial charge in [0.25, 0.3) is 0 Å². The molecule has 0 radical (unpaired) electrons. The Balaban J connectivity index is 2.24. The quantitative estimate of drug-likeness (QED) is 0.833. The predicted molar refractivity (Wildman–Crippen MR) is 74.0 cm³/mol. The van der Waals surface area contributed by atoms with Crippen molar-refractivity contribution >= 4 is 17.2 Å². The highest BCUT2D eigenvalue weighted by atomic mass is 32.1. The van der Waals surface area contributed by atoms with E-state index in [2.05, 4.69) is 11.1 Å². The minimum atomic E-state index is 0.389. The van der Waals surface area contributed by atoms with E-state index in [1.807, 2.05) is 17.7 Å². The van der Waals surface area contributed by atoms with Gasteiger partial charge >= 0.3 is 0 Å². The van der Waals surface area contributed by atoms with Crippen LogP contribution in [0, 0.1) is 6.92 Å². The molecule has 2 heterocycles. The fourth-order valence-corrected chi connectivity index (χ4v) is 2.58. The Morgan fingerprint density at radius 1 is 1.44 bits per heavy atom. The zero-order chi connectivity index (χ0) is 12.7. The van der Waals surface area contributed by atoms with Gasteiger partial charge in [0, 0.05) is 18.1 Å². The first-order valence-electron chi connectivity index (χ1n) is 6.00. The van der Waals surface area contributed by atoms with E-state index >= 15 is 0 Å². The number of fused-ring (bicyclic) bond motifs is 1. The Bertz CT molecular complexity index is 630. The van der Waals surface area contributed by atoms with E-state index < -0.39 is 0 Å². The van der Waals surface area contributed by atoms with Crippen LogP contribution in [-0.4, -0.2) is 19.5 Å². The van der Waals surface area contributed by atoms with Gasteiger partial charge in [0.1, 0.15) is 16.6 Å². The molecule has 0 unspecified atom stereocenters. The van der Waals surface area contributed by atoms with Crippen molar-refractivity contribution in [1.82, 2.24) is 14.5 Å². The van der Waals surface area contributed by atoms with E-state index in [-0.39, 0.29) is 0 Å². The van der Waals surface area contributed by atoms with Gasteiger partial charge in [0.15, 0.2) is 0 Å². The fraction of sp³-hybridized carbons (Fsp3) is 0.308. The van der Waals surface area contributed by atoms with Crippen LogP contribution in [0.3, 0.4) is 0 Å². The van der Waals surface area contributed by atoms with E-state index in [1.165, 1.54) is 5.56 Å². The molecule has 92 valence electrons. The molecule has 0 atom stereocenters. The van der Waals surface area contributed by atoms with Crippen molar-refractivity contribution in [1.29, 1.82) is 0 Å². The maximum atomic E-state index is 5.82. The largest absolute Gasteiger partial charge is 0.389 e. The Morgan fingerprint density at radius 3 is 2.94 bits per heavy atom. The van der Waals surface area contributed by atoms with E-state index in [1.54, 1.807) is 6.20 Å². The lowest BCUT2D eigenvalue weighted by atomic mass is 10.1. The molecule has 0 bridgehead atoms. The first-order chi connectivity index (χ1) is 8.66. The first-order valence-corrected chi connectivity index (χ1v) is 6.40. The number of thiocarbonyl (C=S) groups is 1. The standard InChI is InChI=1S/C13H14N4S/c1-8-15-5-6-17(8)13-10(12(14)18)7-9-3-2-4-11(9)16-13/h5-7H,2-4H2,1H3,(H2,14,18). The maximum absolute atomic E-state index is 5.82. The fourth-order valence-electron chi connectivity index (χ4n) is 2.43. The van der Waals surface area contributed by atoms with Crippen LogP contribution in [-0.2, 0) is 12.8 Å². The summed E-state index contributed by atoms with van der Waals surface area (Å²) >= 11 is 5.14. The molecule has 0 saturated carbocycles. The van der Waals surface area contributed by atoms with Gasteiger partial charge in [0.05, 0.1) is 5.56 Å². The number of aryl methyl sites for hydroxylation is 3. The molecule has 0 aliphatic heterocycles. The maximum Gasteiger partial charge on any atom is 0.148 e. The topological polar surface area (TPSA) is 56.7 Å². The molecule has 0 fully saturated rings. The zero-order valence-electron chi connectivity index (χ0n) is 10.2. The summed E-state index contributed by atoms with van der Waals surface area (Å²) in [4.78, 5) is 9.35. The van der Waals surface area contributed by atoms with Crippen molar-refractivity contribution in [3.05, 3.63) is 41.1 Å². The monoisotopic (exact) mass is 258 g/mol. The molecule has 0 aromatic carbocycles. The van der Waals surface area contributed by atoms with Crippen molar-refractivity contribution < 1.29 is 0 Å². The third kappa shape index (κ3) is 1.71. The third-order valence-corrected chi connectivity index (χ3v) is 3.57. The van der Waals surface area contributed by atoms with Gasteiger partial charge in [-0.25, -0.2) is 9.97 Å². The van der Waals surface area contributed by atoms with Gasteiger partial charge in [-0.05, 0) is 37.8 Å². The van der Waals surface area contributed by atoms with Gasteiger partial charge < -0.3 is 5.73 Å². The van der Waals surface area contributed by atoms with Crippen LogP contribution in [0.2, 0.25) is 0 Å². The first kappa shape index (κ1) is 11.3. The second kappa shape index (κ2) is 4.17. The van der Waals surface area contributed by atoms with E-state index in [0.29, 0.717) is 4.99 Å². The average Bonchev–Trinajstić information content (AvgIpc) is 2.94. The lowest BCUT2D eigenvalue weighted by Gasteiger charge is -2.12. The second-order valence-corrected chi connectivity index (χ2v) is 4.97. The summed E-state index contributed by atoms with van der Waals surface area (Å²) in [6.45, 7) is 1.94. The molecule has 0 spiro atoms. The van der Waals surface area contributed by atoms with Crippen LogP contribution < -0.4 is 5.73 Å². The lowest BCUT2D eigenvalue weighted by molar-refractivity contribution is 0.881. The summed E-state index contributed by atoms with van der Waals surface area (Å²) in [6.07, 6.45) is 6.91. The van der Waals surface area contributed by atoms with Crippen LogP contribution in [0.1, 0.15) is 29.1 Å². The molecule has 3 rings (SSSR count). The normalized spacial score (nSPS) is 13.6. The number of hydrogen-bond acceptors (Lipinski definition) is 3. The number of pyridine rings is 1. The number of nitrogens with two attached hydrogens (primary N) is 1. The van der Waals surface area contributed by atoms with Gasteiger partial charge in [-0.15, -0.1) is 0 Å². The van der Waals surface area contributed by atoms with Crippen molar-refractivity contribution in [2.75, 3.05) is 0 Å². The van der Waals surface area contributed by atoms with Crippen molar-refractivity contribution in [3.8, 4) is 5.82 Å². The van der Waals surface area contributed by atoms with E-state index in [4.69, 9.17) is 22.9 Å². The summed E-state index contributed by atoms with van der Waals surface area (Å²) < 4.78 is 1.94. The number of rotatable bonds is 2. The summed E-state index contributed by atoms with van der Waals surface area (Å²) in [5.41, 5.74) is 9.10. The third-order valence-electron chi connectivity index (χ3n) is 3.35. The SMILES string of the molecule is Cc1nccn1-c1nc2c(cc1C(N)=S)CCC2. The van der Waals surface area contributed by atoms with Gasteiger partial charge in [-0.1, -0.05) is 12.2 Å². The molecule has 2 aromatic rings. The molecular weight excluding hydrogens is 244 g/mol. The van der Waals surface area contributed by atoms with Crippen LogP contribution in [0.25, 0.3) is 5.82 Å². The van der Waals surface area contributed by atoms with Crippen LogP contribution in [0.15, 0.2) is 18.5 Å². The van der Waals surface area contributed by atoms with Crippen LogP contribution in [0.5, 0.6) is 0 Å². The molecule has 4 nitrogen and oxygen atoms in total. The van der Waals surface area contributed by atoms with Crippen LogP contribution in [0.4, 0.5) is 0 Å². The smallest absolute Gasteiger partial charge is 0.148 e. The Kier molecular flexibility index (Phi) is 2.63. The molecule has 2 N–H and O–H groups in total. The van der Waals surface area contributed by atoms with Crippen molar-refractivity contribution in [3.63, 3.8) is 0 Å². The summed E-state index contributed by atoms with van der Waals surface area (Å²) in [5, 5.41) is 0. The Morgan fingerprint density at radius 2 is 2.28 bits per heavy atom. The van der Waals surface area contributed by atoms with Crippen molar-refractivity contribution in [2.45, 2.75) is 26.2 Å². The average molecular weight is 258 g/mol. The van der Waals surface area contributed by atoms with E-state index in [9.17, 15) is 0 Å². The minimum absolute atomic E-state index is 0.389. The van der Waals surface area contributed by atoms with Gasteiger partial charge in [-0.3, -0.25) is 4.57 Å². The van der Waals surface area contributed by atoms with Gasteiger partial charge in [-0.2, -0.15) is 0 Å².